The maximum atomic E-state index is 12.6. The van der Waals surface area contributed by atoms with Crippen LogP contribution in [0.5, 0.6) is 0 Å². The van der Waals surface area contributed by atoms with E-state index in [1.807, 2.05) is 6.08 Å². The van der Waals surface area contributed by atoms with Crippen molar-refractivity contribution in [3.8, 4) is 0 Å². The number of ether oxygens (including phenoxy) is 2. The first-order chi connectivity index (χ1) is 25.8. The molecular weight excluding hydrogens is 689 g/mol. The molecule has 0 aliphatic carbocycles. The molecule has 0 radical (unpaired) electrons. The van der Waals surface area contributed by atoms with Crippen molar-refractivity contribution >= 4 is 19.8 Å². The van der Waals surface area contributed by atoms with Gasteiger partial charge >= 0.3 is 19.8 Å². The molecule has 53 heavy (non-hydrogen) atoms. The minimum absolute atomic E-state index is 0.0560. The molecule has 0 aliphatic heterocycles. The van der Waals surface area contributed by atoms with Crippen LogP contribution in [0.4, 0.5) is 0 Å². The minimum atomic E-state index is -4.37. The lowest BCUT2D eigenvalue weighted by Crippen LogP contribution is -2.29. The van der Waals surface area contributed by atoms with E-state index >= 15 is 0 Å². The second-order valence-electron chi connectivity index (χ2n) is 15.0. The van der Waals surface area contributed by atoms with Crippen molar-refractivity contribution in [2.45, 2.75) is 225 Å². The van der Waals surface area contributed by atoms with Gasteiger partial charge in [-0.3, -0.25) is 18.6 Å². The molecule has 0 spiro atoms. The van der Waals surface area contributed by atoms with Gasteiger partial charge in [0.05, 0.1) is 13.2 Å². The van der Waals surface area contributed by atoms with Gasteiger partial charge in [-0.15, -0.1) is 6.58 Å². The molecule has 9 nitrogen and oxygen atoms in total. The number of allylic oxidation sites excluding steroid dienone is 1. The molecule has 0 aliphatic rings. The third-order valence-corrected chi connectivity index (χ3v) is 10.8. The zero-order valence-electron chi connectivity index (χ0n) is 34.4. The first-order valence-electron chi connectivity index (χ1n) is 22.1. The van der Waals surface area contributed by atoms with Gasteiger partial charge in [-0.25, -0.2) is 4.57 Å². The smallest absolute Gasteiger partial charge is 0.462 e. The molecule has 0 aromatic rings. The van der Waals surface area contributed by atoms with Crippen molar-refractivity contribution in [2.75, 3.05) is 26.4 Å². The summed E-state index contributed by atoms with van der Waals surface area (Å²) >= 11 is 0. The molecule has 0 aromatic carbocycles. The van der Waals surface area contributed by atoms with Gasteiger partial charge in [0.25, 0.3) is 0 Å². The van der Waals surface area contributed by atoms with Crippen LogP contribution in [0.3, 0.4) is 0 Å². The summed E-state index contributed by atoms with van der Waals surface area (Å²) in [6, 6.07) is 0. The van der Waals surface area contributed by atoms with Gasteiger partial charge in [0.15, 0.2) is 6.10 Å². The van der Waals surface area contributed by atoms with Crippen LogP contribution in [0.2, 0.25) is 0 Å². The lowest BCUT2D eigenvalue weighted by Gasteiger charge is -2.19. The van der Waals surface area contributed by atoms with Crippen molar-refractivity contribution in [2.24, 2.45) is 5.73 Å². The third kappa shape index (κ3) is 40.2. The van der Waals surface area contributed by atoms with E-state index in [9.17, 15) is 19.0 Å². The summed E-state index contributed by atoms with van der Waals surface area (Å²) in [6.45, 7) is 5.28. The van der Waals surface area contributed by atoms with Gasteiger partial charge in [-0.05, 0) is 25.7 Å². The monoisotopic (exact) mass is 774 g/mol. The van der Waals surface area contributed by atoms with Crippen LogP contribution in [0.25, 0.3) is 0 Å². The fourth-order valence-corrected chi connectivity index (χ4v) is 7.26. The largest absolute Gasteiger partial charge is 0.472 e. The summed E-state index contributed by atoms with van der Waals surface area (Å²) in [5.41, 5.74) is 5.35. The standard InChI is InChI=1S/C43H84NO8P/c1-3-5-7-9-11-13-15-17-19-20-22-24-26-28-30-32-34-36-43(46)52-41(40-51-53(47,48)50-38-37-44)39-49-42(45)35-33-31-29-27-25-23-21-18-16-14-12-10-8-6-4-2/h4,41H,2-3,5-40,44H2,1H3,(H,47,48)/t41-/m1/s1. The van der Waals surface area contributed by atoms with E-state index in [4.69, 9.17) is 24.3 Å². The first-order valence-corrected chi connectivity index (χ1v) is 23.6. The van der Waals surface area contributed by atoms with E-state index in [2.05, 4.69) is 13.5 Å². The molecule has 0 aromatic heterocycles. The Labute approximate surface area is 326 Å². The number of carbonyl (C=O) groups excluding carboxylic acids is 2. The van der Waals surface area contributed by atoms with Crippen molar-refractivity contribution in [1.82, 2.24) is 0 Å². The SMILES string of the molecule is C=CCCCCCCCCCCCCCCCC(=O)OC[C@H](COP(=O)(O)OCCN)OC(=O)CCCCCCCCCCCCCCCCCCC. The van der Waals surface area contributed by atoms with Gasteiger partial charge in [-0.1, -0.05) is 186 Å². The average Bonchev–Trinajstić information content (AvgIpc) is 3.14. The Balaban J connectivity index is 4.08. The van der Waals surface area contributed by atoms with Crippen molar-refractivity contribution in [3.63, 3.8) is 0 Å². The molecule has 0 saturated heterocycles. The van der Waals surface area contributed by atoms with Crippen LogP contribution < -0.4 is 5.73 Å². The number of rotatable bonds is 43. The molecule has 0 amide bonds. The summed E-state index contributed by atoms with van der Waals surface area (Å²) in [6.07, 6.45) is 39.9. The number of esters is 2. The number of hydrogen-bond donors (Lipinski definition) is 2. The Kier molecular flexibility index (Phi) is 39.5. The zero-order chi connectivity index (χ0) is 38.9. The summed E-state index contributed by atoms with van der Waals surface area (Å²) in [4.78, 5) is 34.9. The number of unbranched alkanes of at least 4 members (excludes halogenated alkanes) is 29. The Hall–Kier alpha value is -1.25. The van der Waals surface area contributed by atoms with Crippen LogP contribution >= 0.6 is 7.82 Å². The molecule has 1 unspecified atom stereocenters. The summed E-state index contributed by atoms with van der Waals surface area (Å²) < 4.78 is 32.8. The number of hydrogen-bond acceptors (Lipinski definition) is 8. The van der Waals surface area contributed by atoms with E-state index in [1.165, 1.54) is 154 Å². The van der Waals surface area contributed by atoms with Crippen LogP contribution in [-0.2, 0) is 32.7 Å². The highest BCUT2D eigenvalue weighted by Crippen LogP contribution is 2.43. The molecule has 314 valence electrons. The molecule has 0 heterocycles. The number of phosphoric acid groups is 1. The summed E-state index contributed by atoms with van der Waals surface area (Å²) in [5, 5.41) is 0. The number of carbonyl (C=O) groups is 2. The molecule has 10 heteroatoms. The summed E-state index contributed by atoms with van der Waals surface area (Å²) in [5.74, 6) is -0.819. The zero-order valence-corrected chi connectivity index (χ0v) is 35.2. The van der Waals surface area contributed by atoms with E-state index in [-0.39, 0.29) is 38.6 Å². The first kappa shape index (κ1) is 51.8. The van der Waals surface area contributed by atoms with Gasteiger partial charge in [0, 0.05) is 19.4 Å². The highest BCUT2D eigenvalue weighted by atomic mass is 31.2. The van der Waals surface area contributed by atoms with Crippen LogP contribution in [0.1, 0.15) is 219 Å². The van der Waals surface area contributed by atoms with Gasteiger partial charge in [0.1, 0.15) is 6.61 Å². The van der Waals surface area contributed by atoms with Crippen molar-refractivity contribution in [3.05, 3.63) is 12.7 Å². The quantitative estimate of drug-likeness (QED) is 0.0269. The van der Waals surface area contributed by atoms with Gasteiger partial charge in [0.2, 0.25) is 0 Å². The minimum Gasteiger partial charge on any atom is -0.462 e. The van der Waals surface area contributed by atoms with E-state index < -0.39 is 26.5 Å². The lowest BCUT2D eigenvalue weighted by molar-refractivity contribution is -0.161. The van der Waals surface area contributed by atoms with Crippen LogP contribution in [0, 0.1) is 0 Å². The predicted molar refractivity (Wildman–Crippen MR) is 220 cm³/mol. The average molecular weight is 774 g/mol. The molecule has 0 saturated carbocycles. The van der Waals surface area contributed by atoms with Gasteiger partial charge < -0.3 is 20.1 Å². The number of phosphoric ester groups is 1. The Morgan fingerprint density at radius 3 is 1.36 bits per heavy atom. The highest BCUT2D eigenvalue weighted by Gasteiger charge is 2.26. The van der Waals surface area contributed by atoms with E-state index in [1.54, 1.807) is 0 Å². The maximum absolute atomic E-state index is 12.6. The van der Waals surface area contributed by atoms with Crippen molar-refractivity contribution in [1.29, 1.82) is 0 Å². The second kappa shape index (κ2) is 40.4. The Morgan fingerprint density at radius 1 is 0.585 bits per heavy atom. The van der Waals surface area contributed by atoms with E-state index in [0.29, 0.717) is 6.42 Å². The normalized spacial score (nSPS) is 13.1. The fourth-order valence-electron chi connectivity index (χ4n) is 6.50. The molecule has 0 rings (SSSR count). The summed E-state index contributed by atoms with van der Waals surface area (Å²) in [7, 11) is -4.37. The number of nitrogens with two attached hydrogens (primary N) is 1. The molecule has 3 N–H and O–H groups in total. The maximum Gasteiger partial charge on any atom is 0.472 e. The highest BCUT2D eigenvalue weighted by molar-refractivity contribution is 7.47. The Morgan fingerprint density at radius 2 is 0.962 bits per heavy atom. The lowest BCUT2D eigenvalue weighted by atomic mass is 10.0. The predicted octanol–water partition coefficient (Wildman–Crippen LogP) is 12.6. The molecule has 0 bridgehead atoms. The molecule has 0 fully saturated rings. The topological polar surface area (TPSA) is 134 Å². The Bertz CT molecular complexity index is 873. The third-order valence-electron chi connectivity index (χ3n) is 9.80. The molecule has 2 atom stereocenters. The molecular formula is C43H84NO8P. The van der Waals surface area contributed by atoms with E-state index in [0.717, 1.165) is 38.5 Å². The fraction of sp³-hybridized carbons (Fsp3) is 0.907. The van der Waals surface area contributed by atoms with Crippen LogP contribution in [-0.4, -0.2) is 49.3 Å². The van der Waals surface area contributed by atoms with Crippen LogP contribution in [0.15, 0.2) is 12.7 Å². The van der Waals surface area contributed by atoms with Gasteiger partial charge in [-0.2, -0.15) is 0 Å². The van der Waals surface area contributed by atoms with Crippen molar-refractivity contribution < 1.29 is 37.6 Å². The second-order valence-corrected chi connectivity index (χ2v) is 16.5.